The van der Waals surface area contributed by atoms with E-state index in [0.717, 1.165) is 0 Å². The number of hydrogen-bond acceptors (Lipinski definition) is 5. The minimum absolute atomic E-state index is 0.00815. The van der Waals surface area contributed by atoms with Crippen molar-refractivity contribution >= 4 is 5.97 Å². The lowest BCUT2D eigenvalue weighted by molar-refractivity contribution is -0.168. The van der Waals surface area contributed by atoms with Gasteiger partial charge in [0.2, 0.25) is 0 Å². The van der Waals surface area contributed by atoms with Gasteiger partial charge in [-0.2, -0.15) is 0 Å². The van der Waals surface area contributed by atoms with Crippen LogP contribution >= 0.6 is 0 Å². The summed E-state index contributed by atoms with van der Waals surface area (Å²) in [4.78, 5) is 12.1. The van der Waals surface area contributed by atoms with Gasteiger partial charge in [-0.3, -0.25) is 4.79 Å². The molecule has 3 N–H and O–H groups in total. The maximum absolute atomic E-state index is 12.1. The van der Waals surface area contributed by atoms with Crippen LogP contribution in [0, 0.1) is 5.41 Å². The summed E-state index contributed by atoms with van der Waals surface area (Å²) in [5.41, 5.74) is -1.36. The summed E-state index contributed by atoms with van der Waals surface area (Å²) in [5.74, 6) is -0.363. The molecule has 0 amide bonds. The Morgan fingerprint density at radius 3 is 2.00 bits per heavy atom. The lowest BCUT2D eigenvalue weighted by Gasteiger charge is -2.51. The molecule has 1 fully saturated rings. The Bertz CT molecular complexity index is 307. The Morgan fingerprint density at radius 2 is 1.67 bits per heavy atom. The fourth-order valence-electron chi connectivity index (χ4n) is 3.70. The van der Waals surface area contributed by atoms with Gasteiger partial charge in [0.15, 0.2) is 6.29 Å². The first-order valence-electron chi connectivity index (χ1n) is 6.26. The van der Waals surface area contributed by atoms with Crippen molar-refractivity contribution in [3.8, 4) is 0 Å². The zero-order valence-corrected chi connectivity index (χ0v) is 11.9. The number of carbonyl (C=O) groups excluding carboxylic acids is 1. The van der Waals surface area contributed by atoms with E-state index < -0.39 is 11.7 Å². The minimum atomic E-state index is -1.51. The molecule has 1 saturated heterocycles. The van der Waals surface area contributed by atoms with Gasteiger partial charge in [-0.05, 0) is 40.5 Å². The van der Waals surface area contributed by atoms with Crippen molar-refractivity contribution in [2.45, 2.75) is 64.3 Å². The first-order valence-corrected chi connectivity index (χ1v) is 6.26. The van der Waals surface area contributed by atoms with Crippen LogP contribution in [-0.4, -0.2) is 40.7 Å². The average Bonchev–Trinajstić information content (AvgIpc) is 2.09. The van der Waals surface area contributed by atoms with Crippen molar-refractivity contribution in [1.82, 2.24) is 5.32 Å². The maximum Gasteiger partial charge on any atom is 0.312 e. The van der Waals surface area contributed by atoms with Gasteiger partial charge >= 0.3 is 5.97 Å². The molecule has 0 aromatic heterocycles. The van der Waals surface area contributed by atoms with Crippen LogP contribution in [-0.2, 0) is 9.53 Å². The molecule has 1 heterocycles. The van der Waals surface area contributed by atoms with E-state index in [2.05, 4.69) is 5.32 Å². The van der Waals surface area contributed by atoms with Crippen LogP contribution in [0.5, 0.6) is 0 Å². The summed E-state index contributed by atoms with van der Waals surface area (Å²) in [6, 6.07) is 0. The standard InChI is InChI=1S/C13H25NO4/c1-11(2)7-13(6-9(15)16,10(17)18-5)8-12(3,4)14-11/h9,14-16H,6-8H2,1-5H3. The highest BCUT2D eigenvalue weighted by Gasteiger charge is 2.52. The number of hydrogen-bond donors (Lipinski definition) is 3. The number of carbonyl (C=O) groups is 1. The molecule has 1 rings (SSSR count). The van der Waals surface area contributed by atoms with Crippen LogP contribution in [0.3, 0.4) is 0 Å². The second-order valence-corrected chi connectivity index (χ2v) is 6.70. The fourth-order valence-corrected chi connectivity index (χ4v) is 3.70. The number of piperidine rings is 1. The molecule has 0 aromatic rings. The molecule has 0 spiro atoms. The van der Waals surface area contributed by atoms with Gasteiger partial charge in [-0.25, -0.2) is 0 Å². The highest BCUT2D eigenvalue weighted by Crippen LogP contribution is 2.45. The summed E-state index contributed by atoms with van der Waals surface area (Å²) < 4.78 is 4.89. The lowest BCUT2D eigenvalue weighted by Crippen LogP contribution is -2.63. The van der Waals surface area contributed by atoms with Crippen molar-refractivity contribution in [2.24, 2.45) is 5.41 Å². The third kappa shape index (κ3) is 3.43. The Balaban J connectivity index is 3.12. The van der Waals surface area contributed by atoms with Crippen LogP contribution in [0.2, 0.25) is 0 Å². The largest absolute Gasteiger partial charge is 0.469 e. The van der Waals surface area contributed by atoms with Crippen molar-refractivity contribution < 1.29 is 19.7 Å². The van der Waals surface area contributed by atoms with Crippen LogP contribution in [0.1, 0.15) is 47.0 Å². The second kappa shape index (κ2) is 4.79. The quantitative estimate of drug-likeness (QED) is 0.516. The smallest absolute Gasteiger partial charge is 0.312 e. The van der Waals surface area contributed by atoms with E-state index in [-0.39, 0.29) is 23.5 Å². The molecule has 0 aliphatic carbocycles. The molecule has 1 aliphatic heterocycles. The van der Waals surface area contributed by atoms with E-state index in [4.69, 9.17) is 4.74 Å². The number of methoxy groups -OCH3 is 1. The van der Waals surface area contributed by atoms with E-state index in [1.807, 2.05) is 27.7 Å². The summed E-state index contributed by atoms with van der Waals surface area (Å²) in [7, 11) is 1.34. The molecule has 18 heavy (non-hydrogen) atoms. The predicted octanol–water partition coefficient (Wildman–Crippen LogP) is 0.787. The molecule has 0 saturated carbocycles. The van der Waals surface area contributed by atoms with E-state index in [9.17, 15) is 15.0 Å². The first kappa shape index (κ1) is 15.4. The van der Waals surface area contributed by atoms with E-state index in [0.29, 0.717) is 12.8 Å². The Morgan fingerprint density at radius 1 is 1.22 bits per heavy atom. The number of aliphatic hydroxyl groups excluding tert-OH is 1. The number of aliphatic hydroxyl groups is 2. The van der Waals surface area contributed by atoms with Crippen LogP contribution in [0.4, 0.5) is 0 Å². The Hall–Kier alpha value is -0.650. The molecule has 5 nitrogen and oxygen atoms in total. The zero-order chi connectivity index (χ0) is 14.2. The molecule has 1 aliphatic rings. The molecule has 0 unspecified atom stereocenters. The van der Waals surface area contributed by atoms with Crippen molar-refractivity contribution in [3.05, 3.63) is 0 Å². The summed E-state index contributed by atoms with van der Waals surface area (Å²) in [6.45, 7) is 8.04. The van der Waals surface area contributed by atoms with E-state index >= 15 is 0 Å². The maximum atomic E-state index is 12.1. The lowest BCUT2D eigenvalue weighted by atomic mass is 9.64. The Kier molecular flexibility index (Phi) is 4.10. The van der Waals surface area contributed by atoms with Crippen molar-refractivity contribution in [2.75, 3.05) is 7.11 Å². The van der Waals surface area contributed by atoms with Crippen molar-refractivity contribution in [1.29, 1.82) is 0 Å². The Labute approximate surface area is 109 Å². The van der Waals surface area contributed by atoms with E-state index in [1.54, 1.807) is 0 Å². The van der Waals surface area contributed by atoms with Gasteiger partial charge in [0.25, 0.3) is 0 Å². The molecule has 0 atom stereocenters. The van der Waals surface area contributed by atoms with Gasteiger partial charge in [0.1, 0.15) is 0 Å². The third-order valence-corrected chi connectivity index (χ3v) is 3.43. The van der Waals surface area contributed by atoms with Gasteiger partial charge < -0.3 is 20.3 Å². The second-order valence-electron chi connectivity index (χ2n) is 6.70. The van der Waals surface area contributed by atoms with Gasteiger partial charge in [-0.1, -0.05) is 0 Å². The number of nitrogens with one attached hydrogen (secondary N) is 1. The van der Waals surface area contributed by atoms with Crippen LogP contribution in [0.15, 0.2) is 0 Å². The minimum Gasteiger partial charge on any atom is -0.469 e. The molecule has 5 heteroatoms. The third-order valence-electron chi connectivity index (χ3n) is 3.43. The highest BCUT2D eigenvalue weighted by atomic mass is 16.5. The fraction of sp³-hybridized carbons (Fsp3) is 0.923. The first-order chi connectivity index (χ1) is 8.02. The SMILES string of the molecule is COC(=O)C1(CC(O)O)CC(C)(C)NC(C)(C)C1. The van der Waals surface area contributed by atoms with Crippen LogP contribution in [0.25, 0.3) is 0 Å². The van der Waals surface area contributed by atoms with Crippen molar-refractivity contribution in [3.63, 3.8) is 0 Å². The van der Waals surface area contributed by atoms with Gasteiger partial charge in [0.05, 0.1) is 12.5 Å². The molecule has 0 bridgehead atoms. The average molecular weight is 259 g/mol. The number of esters is 1. The van der Waals surface area contributed by atoms with E-state index in [1.165, 1.54) is 7.11 Å². The monoisotopic (exact) mass is 259 g/mol. The topological polar surface area (TPSA) is 78.8 Å². The molecule has 0 aromatic carbocycles. The molecular weight excluding hydrogens is 234 g/mol. The summed E-state index contributed by atoms with van der Waals surface area (Å²) in [5, 5.41) is 22.0. The molecule has 0 radical (unpaired) electrons. The van der Waals surface area contributed by atoms with Crippen LogP contribution < -0.4 is 5.32 Å². The predicted molar refractivity (Wildman–Crippen MR) is 67.8 cm³/mol. The normalized spacial score (nSPS) is 24.9. The zero-order valence-electron chi connectivity index (χ0n) is 11.9. The number of ether oxygens (including phenoxy) is 1. The summed E-state index contributed by atoms with van der Waals surface area (Å²) >= 11 is 0. The molecule has 106 valence electrons. The molecular formula is C13H25NO4. The highest BCUT2D eigenvalue weighted by molar-refractivity contribution is 5.77. The number of rotatable bonds is 3. The van der Waals surface area contributed by atoms with Gasteiger partial charge in [-0.15, -0.1) is 0 Å². The summed E-state index contributed by atoms with van der Waals surface area (Å²) in [6.07, 6.45) is -0.454. The van der Waals surface area contributed by atoms with Gasteiger partial charge in [0, 0.05) is 17.5 Å².